The molecular weight excluding hydrogens is 420 g/mol. The molecule has 0 amide bonds. The van der Waals surface area contributed by atoms with Crippen LogP contribution in [0.4, 0.5) is 11.4 Å². The first-order chi connectivity index (χ1) is 16.0. The highest BCUT2D eigenvalue weighted by Crippen LogP contribution is 2.15. The van der Waals surface area contributed by atoms with Gasteiger partial charge in [0, 0.05) is 17.5 Å². The molecule has 0 heterocycles. The molecule has 4 N–H and O–H groups in total. The maximum Gasteiger partial charge on any atom is 0.338 e. The molecule has 0 spiro atoms. The van der Waals surface area contributed by atoms with Crippen molar-refractivity contribution in [3.05, 3.63) is 59.7 Å². The predicted molar refractivity (Wildman–Crippen MR) is 131 cm³/mol. The summed E-state index contributed by atoms with van der Waals surface area (Å²) in [6.07, 6.45) is 8.50. The minimum Gasteiger partial charge on any atom is -0.494 e. The number of carbonyl (C=O) groups is 2. The molecule has 0 bridgehead atoms. The van der Waals surface area contributed by atoms with Gasteiger partial charge in [-0.15, -0.1) is 0 Å². The predicted octanol–water partition coefficient (Wildman–Crippen LogP) is 5.00. The number of unbranched alkanes of at least 4 members (excludes halogenated alkanes) is 4. The van der Waals surface area contributed by atoms with Gasteiger partial charge in [-0.1, -0.05) is 25.5 Å². The lowest BCUT2D eigenvalue weighted by Gasteiger charge is -2.07. The van der Waals surface area contributed by atoms with Gasteiger partial charge in [-0.25, -0.2) is 9.59 Å². The SMILES string of the molecule is CCCCOc1ccc(C=CC(=O)OCCCCCCOC(=O)c2cc(N)cc(N)c2)cc1. The van der Waals surface area contributed by atoms with Crippen molar-refractivity contribution in [2.24, 2.45) is 0 Å². The van der Waals surface area contributed by atoms with Gasteiger partial charge in [-0.05, 0) is 74.1 Å². The molecule has 7 nitrogen and oxygen atoms in total. The first-order valence-corrected chi connectivity index (χ1v) is 11.4. The van der Waals surface area contributed by atoms with Crippen molar-refractivity contribution in [2.75, 3.05) is 31.3 Å². The molecule has 0 aliphatic heterocycles. The van der Waals surface area contributed by atoms with Gasteiger partial charge >= 0.3 is 11.9 Å². The van der Waals surface area contributed by atoms with Gasteiger partial charge < -0.3 is 25.7 Å². The Morgan fingerprint density at radius 3 is 2.09 bits per heavy atom. The van der Waals surface area contributed by atoms with Crippen LogP contribution in [0.3, 0.4) is 0 Å². The second-order valence-electron chi connectivity index (χ2n) is 7.71. The van der Waals surface area contributed by atoms with E-state index in [4.69, 9.17) is 25.7 Å². The zero-order chi connectivity index (χ0) is 23.9. The van der Waals surface area contributed by atoms with Crippen LogP contribution >= 0.6 is 0 Å². The van der Waals surface area contributed by atoms with E-state index >= 15 is 0 Å². The molecule has 0 aliphatic rings. The summed E-state index contributed by atoms with van der Waals surface area (Å²) in [6.45, 7) is 3.51. The van der Waals surface area contributed by atoms with Gasteiger partial charge in [0.25, 0.3) is 0 Å². The molecule has 0 unspecified atom stereocenters. The van der Waals surface area contributed by atoms with E-state index in [0.717, 1.165) is 49.8 Å². The smallest absolute Gasteiger partial charge is 0.338 e. The quantitative estimate of drug-likeness (QED) is 0.179. The van der Waals surface area contributed by atoms with Gasteiger partial charge in [-0.3, -0.25) is 0 Å². The molecule has 2 rings (SSSR count). The molecule has 7 heteroatoms. The van der Waals surface area contributed by atoms with E-state index < -0.39 is 5.97 Å². The van der Waals surface area contributed by atoms with Crippen LogP contribution in [0.25, 0.3) is 6.08 Å². The maximum absolute atomic E-state index is 12.0. The van der Waals surface area contributed by atoms with E-state index in [-0.39, 0.29) is 5.97 Å². The molecule has 0 atom stereocenters. The lowest BCUT2D eigenvalue weighted by atomic mass is 10.2. The lowest BCUT2D eigenvalue weighted by Crippen LogP contribution is -2.08. The van der Waals surface area contributed by atoms with Crippen LogP contribution in [0.2, 0.25) is 0 Å². The van der Waals surface area contributed by atoms with Gasteiger partial charge in [0.05, 0.1) is 25.4 Å². The van der Waals surface area contributed by atoms with Crippen molar-refractivity contribution in [1.29, 1.82) is 0 Å². The van der Waals surface area contributed by atoms with Crippen LogP contribution in [0.1, 0.15) is 61.4 Å². The molecule has 0 aromatic heterocycles. The summed E-state index contributed by atoms with van der Waals surface area (Å²) in [7, 11) is 0. The summed E-state index contributed by atoms with van der Waals surface area (Å²) in [5.41, 5.74) is 13.5. The summed E-state index contributed by atoms with van der Waals surface area (Å²) >= 11 is 0. The van der Waals surface area contributed by atoms with Crippen molar-refractivity contribution in [3.63, 3.8) is 0 Å². The van der Waals surface area contributed by atoms with Crippen LogP contribution in [-0.2, 0) is 14.3 Å². The Morgan fingerprint density at radius 2 is 1.45 bits per heavy atom. The Balaban J connectivity index is 1.53. The highest BCUT2D eigenvalue weighted by atomic mass is 16.5. The highest BCUT2D eigenvalue weighted by Gasteiger charge is 2.08. The van der Waals surface area contributed by atoms with E-state index in [0.29, 0.717) is 36.8 Å². The van der Waals surface area contributed by atoms with Crippen molar-refractivity contribution in [3.8, 4) is 5.75 Å². The molecule has 33 heavy (non-hydrogen) atoms. The Morgan fingerprint density at radius 1 is 0.818 bits per heavy atom. The highest BCUT2D eigenvalue weighted by molar-refractivity contribution is 5.91. The average molecular weight is 455 g/mol. The monoisotopic (exact) mass is 454 g/mol. The number of hydrogen-bond donors (Lipinski definition) is 2. The minimum absolute atomic E-state index is 0.318. The minimum atomic E-state index is -0.437. The fourth-order valence-corrected chi connectivity index (χ4v) is 2.99. The summed E-state index contributed by atoms with van der Waals surface area (Å²) in [5.74, 6) is 0.0226. The lowest BCUT2D eigenvalue weighted by molar-refractivity contribution is -0.137. The average Bonchev–Trinajstić information content (AvgIpc) is 2.79. The van der Waals surface area contributed by atoms with Gasteiger partial charge in [-0.2, -0.15) is 0 Å². The number of nitrogen functional groups attached to an aromatic ring is 2. The zero-order valence-electron chi connectivity index (χ0n) is 19.3. The second-order valence-corrected chi connectivity index (χ2v) is 7.71. The number of benzene rings is 2. The number of carbonyl (C=O) groups excluding carboxylic acids is 2. The number of rotatable bonds is 14. The number of hydrogen-bond acceptors (Lipinski definition) is 7. The van der Waals surface area contributed by atoms with Gasteiger partial charge in [0.2, 0.25) is 0 Å². The van der Waals surface area contributed by atoms with E-state index in [1.54, 1.807) is 24.3 Å². The van der Waals surface area contributed by atoms with Gasteiger partial charge in [0.15, 0.2) is 0 Å². The van der Waals surface area contributed by atoms with Crippen molar-refractivity contribution in [2.45, 2.75) is 45.4 Å². The third-order valence-electron chi connectivity index (χ3n) is 4.79. The second kappa shape index (κ2) is 14.6. The standard InChI is InChI=1S/C26H34N2O5/c1-2-3-14-31-24-11-8-20(9-12-24)10-13-25(29)32-15-6-4-5-7-16-33-26(30)21-17-22(27)19-23(28)18-21/h8-13,17-19H,2-7,14-16,27-28H2,1H3. The fraction of sp³-hybridized carbons (Fsp3) is 0.385. The summed E-state index contributed by atoms with van der Waals surface area (Å²) in [5, 5.41) is 0. The van der Waals surface area contributed by atoms with Crippen LogP contribution in [0, 0.1) is 0 Å². The zero-order valence-corrected chi connectivity index (χ0v) is 19.3. The normalized spacial score (nSPS) is 10.8. The molecular formula is C26H34N2O5. The number of esters is 2. The third kappa shape index (κ3) is 10.6. The van der Waals surface area contributed by atoms with Crippen LogP contribution in [0.15, 0.2) is 48.5 Å². The topological polar surface area (TPSA) is 114 Å². The van der Waals surface area contributed by atoms with E-state index in [9.17, 15) is 9.59 Å². The molecule has 0 saturated carbocycles. The Kier molecular flexibility index (Phi) is 11.4. The first-order valence-electron chi connectivity index (χ1n) is 11.4. The van der Waals surface area contributed by atoms with E-state index in [2.05, 4.69) is 6.92 Å². The van der Waals surface area contributed by atoms with Crippen molar-refractivity contribution in [1.82, 2.24) is 0 Å². The molecule has 0 saturated heterocycles. The Bertz CT molecular complexity index is 889. The van der Waals surface area contributed by atoms with Crippen molar-refractivity contribution < 1.29 is 23.8 Å². The number of nitrogens with two attached hydrogens (primary N) is 2. The summed E-state index contributed by atoms with van der Waals surface area (Å²) < 4.78 is 16.1. The third-order valence-corrected chi connectivity index (χ3v) is 4.79. The number of anilines is 2. The van der Waals surface area contributed by atoms with Crippen LogP contribution in [-0.4, -0.2) is 31.8 Å². The largest absolute Gasteiger partial charge is 0.494 e. The first kappa shape index (κ1) is 25.8. The Hall–Kier alpha value is -3.48. The molecule has 2 aromatic carbocycles. The molecule has 178 valence electrons. The van der Waals surface area contributed by atoms with E-state index in [1.807, 2.05) is 24.3 Å². The summed E-state index contributed by atoms with van der Waals surface area (Å²) in [6, 6.07) is 12.3. The maximum atomic E-state index is 12.0. The molecule has 0 aliphatic carbocycles. The van der Waals surface area contributed by atoms with Crippen LogP contribution < -0.4 is 16.2 Å². The van der Waals surface area contributed by atoms with Crippen molar-refractivity contribution >= 4 is 29.4 Å². The Labute approximate surface area is 195 Å². The van der Waals surface area contributed by atoms with Gasteiger partial charge in [0.1, 0.15) is 5.75 Å². The van der Waals surface area contributed by atoms with E-state index in [1.165, 1.54) is 6.08 Å². The fourth-order valence-electron chi connectivity index (χ4n) is 2.99. The number of ether oxygens (including phenoxy) is 3. The molecule has 0 radical (unpaired) electrons. The van der Waals surface area contributed by atoms with Crippen LogP contribution in [0.5, 0.6) is 5.75 Å². The summed E-state index contributed by atoms with van der Waals surface area (Å²) in [4.78, 5) is 23.8. The molecule has 0 fully saturated rings. The molecule has 2 aromatic rings.